The standard InChI is InChI=1S/C20H22N2O/c1-3-14-6-4-7-15-13-19(23-2)16(12-18(14)15)10-11-17-8-5-9-20(21)22-17/h4-9,12-13H,3,10-11H2,1-2H3,(H2,21,22). The van der Waals surface area contributed by atoms with Gasteiger partial charge in [-0.05, 0) is 65.4 Å². The lowest BCUT2D eigenvalue weighted by atomic mass is 9.97. The van der Waals surface area contributed by atoms with E-state index in [-0.39, 0.29) is 0 Å². The van der Waals surface area contributed by atoms with Gasteiger partial charge in [-0.2, -0.15) is 0 Å². The van der Waals surface area contributed by atoms with E-state index in [1.165, 1.54) is 21.9 Å². The van der Waals surface area contributed by atoms with Gasteiger partial charge in [0.25, 0.3) is 0 Å². The average Bonchev–Trinajstić information content (AvgIpc) is 2.58. The highest BCUT2D eigenvalue weighted by molar-refractivity contribution is 5.88. The summed E-state index contributed by atoms with van der Waals surface area (Å²) in [6.45, 7) is 2.19. The fraction of sp³-hybridized carbons (Fsp3) is 0.250. The molecule has 0 unspecified atom stereocenters. The van der Waals surface area contributed by atoms with Crippen molar-refractivity contribution in [3.8, 4) is 5.75 Å². The molecule has 0 bridgehead atoms. The van der Waals surface area contributed by atoms with Crippen LogP contribution in [0.15, 0.2) is 48.5 Å². The molecule has 0 aliphatic carbocycles. The number of pyridine rings is 1. The molecule has 0 saturated heterocycles. The van der Waals surface area contributed by atoms with Crippen LogP contribution in [0.2, 0.25) is 0 Å². The summed E-state index contributed by atoms with van der Waals surface area (Å²) in [5, 5.41) is 2.54. The second kappa shape index (κ2) is 6.69. The van der Waals surface area contributed by atoms with Crippen LogP contribution in [0.25, 0.3) is 10.8 Å². The fourth-order valence-electron chi connectivity index (χ4n) is 3.01. The Labute approximate surface area is 137 Å². The molecule has 3 aromatic rings. The second-order valence-corrected chi connectivity index (χ2v) is 5.71. The van der Waals surface area contributed by atoms with Gasteiger partial charge in [0, 0.05) is 5.69 Å². The van der Waals surface area contributed by atoms with E-state index in [0.29, 0.717) is 5.82 Å². The van der Waals surface area contributed by atoms with E-state index in [1.54, 1.807) is 7.11 Å². The van der Waals surface area contributed by atoms with Gasteiger partial charge in [-0.15, -0.1) is 0 Å². The first-order valence-electron chi connectivity index (χ1n) is 8.01. The largest absolute Gasteiger partial charge is 0.496 e. The summed E-state index contributed by atoms with van der Waals surface area (Å²) in [7, 11) is 1.73. The zero-order valence-corrected chi connectivity index (χ0v) is 13.7. The Balaban J connectivity index is 1.95. The molecule has 0 atom stereocenters. The lowest BCUT2D eigenvalue weighted by Crippen LogP contribution is -2.00. The Bertz CT molecular complexity index is 827. The third kappa shape index (κ3) is 3.29. The first-order valence-corrected chi connectivity index (χ1v) is 8.01. The third-order valence-corrected chi connectivity index (χ3v) is 4.23. The number of fused-ring (bicyclic) bond motifs is 1. The summed E-state index contributed by atoms with van der Waals surface area (Å²) < 4.78 is 5.59. The number of rotatable bonds is 5. The first kappa shape index (κ1) is 15.3. The molecule has 0 aliphatic rings. The van der Waals surface area contributed by atoms with Crippen molar-refractivity contribution in [3.63, 3.8) is 0 Å². The molecule has 0 amide bonds. The van der Waals surface area contributed by atoms with Crippen molar-refractivity contribution in [3.05, 3.63) is 65.4 Å². The van der Waals surface area contributed by atoms with Crippen LogP contribution in [0, 0.1) is 0 Å². The van der Waals surface area contributed by atoms with E-state index >= 15 is 0 Å². The van der Waals surface area contributed by atoms with E-state index in [9.17, 15) is 0 Å². The number of benzene rings is 2. The lowest BCUT2D eigenvalue weighted by Gasteiger charge is -2.12. The summed E-state index contributed by atoms with van der Waals surface area (Å²) in [4.78, 5) is 4.38. The van der Waals surface area contributed by atoms with Crippen molar-refractivity contribution in [2.45, 2.75) is 26.2 Å². The van der Waals surface area contributed by atoms with Crippen molar-refractivity contribution in [1.29, 1.82) is 0 Å². The molecule has 2 N–H and O–H groups in total. The second-order valence-electron chi connectivity index (χ2n) is 5.71. The monoisotopic (exact) mass is 306 g/mol. The highest BCUT2D eigenvalue weighted by Crippen LogP contribution is 2.29. The van der Waals surface area contributed by atoms with E-state index in [4.69, 9.17) is 10.5 Å². The Hall–Kier alpha value is -2.55. The van der Waals surface area contributed by atoms with E-state index in [1.807, 2.05) is 18.2 Å². The molecular weight excluding hydrogens is 284 g/mol. The topological polar surface area (TPSA) is 48.1 Å². The SMILES string of the molecule is CCc1cccc2cc(OC)c(CCc3cccc(N)n3)cc12. The maximum atomic E-state index is 5.76. The number of hydrogen-bond acceptors (Lipinski definition) is 3. The van der Waals surface area contributed by atoms with Gasteiger partial charge in [0.2, 0.25) is 0 Å². The first-order chi connectivity index (χ1) is 11.2. The predicted molar refractivity (Wildman–Crippen MR) is 95.9 cm³/mol. The molecular formula is C20H22N2O. The smallest absolute Gasteiger partial charge is 0.123 e. The molecule has 3 rings (SSSR count). The number of nitrogens with zero attached hydrogens (tertiary/aromatic N) is 1. The molecule has 118 valence electrons. The van der Waals surface area contributed by atoms with Gasteiger partial charge in [0.05, 0.1) is 7.11 Å². The molecule has 0 radical (unpaired) electrons. The quantitative estimate of drug-likeness (QED) is 0.769. The number of methoxy groups -OCH3 is 1. The number of aromatic nitrogens is 1. The van der Waals surface area contributed by atoms with Crippen molar-refractivity contribution < 1.29 is 4.74 Å². The van der Waals surface area contributed by atoms with Gasteiger partial charge < -0.3 is 10.5 Å². The molecule has 0 fully saturated rings. The number of nitrogen functional groups attached to an aromatic ring is 1. The Morgan fingerprint density at radius 1 is 1.00 bits per heavy atom. The molecule has 3 heteroatoms. The van der Waals surface area contributed by atoms with E-state index < -0.39 is 0 Å². The van der Waals surface area contributed by atoms with Crippen molar-refractivity contribution in [2.75, 3.05) is 12.8 Å². The van der Waals surface area contributed by atoms with Crippen molar-refractivity contribution >= 4 is 16.6 Å². The molecule has 2 aromatic carbocycles. The summed E-state index contributed by atoms with van der Waals surface area (Å²) in [6.07, 6.45) is 2.76. The van der Waals surface area contributed by atoms with Gasteiger partial charge in [-0.3, -0.25) is 0 Å². The van der Waals surface area contributed by atoms with E-state index in [0.717, 1.165) is 30.7 Å². The van der Waals surface area contributed by atoms with Crippen LogP contribution < -0.4 is 10.5 Å². The predicted octanol–water partition coefficient (Wildman–Crippen LogP) is 4.17. The number of anilines is 1. The molecule has 0 saturated carbocycles. The number of ether oxygens (including phenoxy) is 1. The summed E-state index contributed by atoms with van der Waals surface area (Å²) in [5.41, 5.74) is 9.35. The van der Waals surface area contributed by atoms with Gasteiger partial charge >= 0.3 is 0 Å². The van der Waals surface area contributed by atoms with Crippen molar-refractivity contribution in [2.24, 2.45) is 0 Å². The van der Waals surface area contributed by atoms with E-state index in [2.05, 4.69) is 42.2 Å². The van der Waals surface area contributed by atoms with Crippen LogP contribution in [0.5, 0.6) is 5.75 Å². The molecule has 1 aromatic heterocycles. The zero-order valence-electron chi connectivity index (χ0n) is 13.7. The van der Waals surface area contributed by atoms with Crippen molar-refractivity contribution in [1.82, 2.24) is 4.98 Å². The minimum Gasteiger partial charge on any atom is -0.496 e. The highest BCUT2D eigenvalue weighted by Gasteiger charge is 2.09. The maximum Gasteiger partial charge on any atom is 0.123 e. The molecule has 1 heterocycles. The normalized spacial score (nSPS) is 10.9. The molecule has 23 heavy (non-hydrogen) atoms. The number of aryl methyl sites for hydroxylation is 3. The Morgan fingerprint density at radius 3 is 2.57 bits per heavy atom. The van der Waals surface area contributed by atoms with Crippen LogP contribution >= 0.6 is 0 Å². The van der Waals surface area contributed by atoms with Gasteiger partial charge in [-0.1, -0.05) is 31.2 Å². The number of nitrogens with two attached hydrogens (primary N) is 1. The fourth-order valence-corrected chi connectivity index (χ4v) is 3.01. The van der Waals surface area contributed by atoms with Crippen LogP contribution in [-0.4, -0.2) is 12.1 Å². The minimum absolute atomic E-state index is 0.571. The maximum absolute atomic E-state index is 5.76. The summed E-state index contributed by atoms with van der Waals surface area (Å²) in [5.74, 6) is 1.51. The molecule has 0 spiro atoms. The van der Waals surface area contributed by atoms with Gasteiger partial charge in [0.1, 0.15) is 11.6 Å². The Kier molecular flexibility index (Phi) is 4.47. The summed E-state index contributed by atoms with van der Waals surface area (Å²) in [6, 6.07) is 16.6. The van der Waals surface area contributed by atoms with Crippen LogP contribution in [0.4, 0.5) is 5.82 Å². The number of hydrogen-bond donors (Lipinski definition) is 1. The highest BCUT2D eigenvalue weighted by atomic mass is 16.5. The zero-order chi connectivity index (χ0) is 16.2. The molecule has 3 nitrogen and oxygen atoms in total. The van der Waals surface area contributed by atoms with Gasteiger partial charge in [0.15, 0.2) is 0 Å². The molecule has 0 aliphatic heterocycles. The van der Waals surface area contributed by atoms with Gasteiger partial charge in [-0.25, -0.2) is 4.98 Å². The van der Waals surface area contributed by atoms with Crippen LogP contribution in [-0.2, 0) is 19.3 Å². The summed E-state index contributed by atoms with van der Waals surface area (Å²) >= 11 is 0. The Morgan fingerprint density at radius 2 is 1.83 bits per heavy atom. The minimum atomic E-state index is 0.571. The lowest BCUT2D eigenvalue weighted by molar-refractivity contribution is 0.410. The average molecular weight is 306 g/mol. The van der Waals surface area contributed by atoms with Crippen LogP contribution in [0.1, 0.15) is 23.7 Å². The van der Waals surface area contributed by atoms with Crippen LogP contribution in [0.3, 0.4) is 0 Å². The third-order valence-electron chi connectivity index (χ3n) is 4.23.